The van der Waals surface area contributed by atoms with Crippen molar-refractivity contribution in [1.29, 1.82) is 0 Å². The number of nitrogens with two attached hydrogens (primary N) is 1. The Morgan fingerprint density at radius 1 is 1.53 bits per heavy atom. The molecule has 1 atom stereocenters. The molecule has 1 heterocycles. The summed E-state index contributed by atoms with van der Waals surface area (Å²) in [7, 11) is 0. The van der Waals surface area contributed by atoms with E-state index < -0.39 is 22.3 Å². The summed E-state index contributed by atoms with van der Waals surface area (Å²) in [4.78, 5) is 34.8. The van der Waals surface area contributed by atoms with Gasteiger partial charge >= 0.3 is 0 Å². The molecule has 0 aromatic rings. The lowest BCUT2D eigenvalue weighted by molar-refractivity contribution is -0.127. The molecule has 1 aliphatic heterocycles. The van der Waals surface area contributed by atoms with Crippen LogP contribution < -0.4 is 5.73 Å². The highest BCUT2D eigenvalue weighted by Gasteiger charge is 2.42. The van der Waals surface area contributed by atoms with Gasteiger partial charge in [-0.05, 0) is 13.8 Å². The molecule has 15 heavy (non-hydrogen) atoms. The van der Waals surface area contributed by atoms with Gasteiger partial charge < -0.3 is 10.6 Å². The van der Waals surface area contributed by atoms with E-state index in [0.29, 0.717) is 11.8 Å². The summed E-state index contributed by atoms with van der Waals surface area (Å²) >= 11 is 0.535. The molecule has 1 aliphatic rings. The van der Waals surface area contributed by atoms with Crippen LogP contribution in [-0.2, 0) is 9.59 Å². The smallest absolute Gasteiger partial charge is 0.290 e. The molecule has 6 heteroatoms. The molecule has 1 rings (SSSR count). The summed E-state index contributed by atoms with van der Waals surface area (Å²) in [6.07, 6.45) is 1.77. The van der Waals surface area contributed by atoms with Gasteiger partial charge in [-0.1, -0.05) is 11.6 Å². The monoisotopic (exact) mass is 228 g/mol. The van der Waals surface area contributed by atoms with Crippen molar-refractivity contribution in [2.24, 2.45) is 5.73 Å². The van der Waals surface area contributed by atoms with Gasteiger partial charge in [-0.25, -0.2) is 0 Å². The van der Waals surface area contributed by atoms with E-state index in [1.54, 1.807) is 6.08 Å². The fourth-order valence-electron chi connectivity index (χ4n) is 1.16. The van der Waals surface area contributed by atoms with Crippen molar-refractivity contribution in [2.45, 2.75) is 19.9 Å². The summed E-state index contributed by atoms with van der Waals surface area (Å²) < 4.78 is 0. The van der Waals surface area contributed by atoms with E-state index in [-0.39, 0.29) is 6.54 Å². The van der Waals surface area contributed by atoms with Gasteiger partial charge in [0.2, 0.25) is 11.0 Å². The number of primary amides is 1. The quantitative estimate of drug-likeness (QED) is 0.563. The first-order valence-corrected chi connectivity index (χ1v) is 5.20. The number of nitrogens with zero attached hydrogens (tertiary/aromatic N) is 1. The van der Waals surface area contributed by atoms with Crippen LogP contribution >= 0.6 is 11.8 Å². The molecule has 1 unspecified atom stereocenters. The molecule has 0 radical (unpaired) electrons. The summed E-state index contributed by atoms with van der Waals surface area (Å²) in [5, 5.41) is -0.907. The highest BCUT2D eigenvalue weighted by Crippen LogP contribution is 2.25. The van der Waals surface area contributed by atoms with E-state index in [9.17, 15) is 14.4 Å². The highest BCUT2D eigenvalue weighted by atomic mass is 32.2. The van der Waals surface area contributed by atoms with Crippen LogP contribution in [0.1, 0.15) is 13.8 Å². The van der Waals surface area contributed by atoms with E-state index in [1.165, 1.54) is 4.90 Å². The Labute approximate surface area is 91.7 Å². The van der Waals surface area contributed by atoms with Crippen molar-refractivity contribution < 1.29 is 14.4 Å². The Hall–Kier alpha value is -1.30. The summed E-state index contributed by atoms with van der Waals surface area (Å²) in [6, 6.07) is -1.11. The first-order chi connectivity index (χ1) is 6.93. The lowest BCUT2D eigenvalue weighted by atomic mass is 10.2. The maximum atomic E-state index is 11.3. The zero-order valence-electron chi connectivity index (χ0n) is 8.52. The van der Waals surface area contributed by atoms with Crippen LogP contribution in [0.3, 0.4) is 0 Å². The zero-order chi connectivity index (χ0) is 11.6. The van der Waals surface area contributed by atoms with Crippen molar-refractivity contribution in [3.05, 3.63) is 11.6 Å². The Kier molecular flexibility index (Phi) is 3.52. The average molecular weight is 228 g/mol. The predicted molar refractivity (Wildman–Crippen MR) is 57.1 cm³/mol. The number of amides is 2. The summed E-state index contributed by atoms with van der Waals surface area (Å²) in [5.74, 6) is -0.777. The fraction of sp³-hybridized carbons (Fsp3) is 0.444. The standard InChI is InChI=1S/C9H12N2O3S/c1-5(2)3-4-11-6(7(10)12)8(13)15-9(11)14/h3,6H,4H2,1-2H3,(H2,10,12). The topological polar surface area (TPSA) is 80.5 Å². The molecule has 0 spiro atoms. The second kappa shape index (κ2) is 4.48. The van der Waals surface area contributed by atoms with Crippen LogP contribution in [0.4, 0.5) is 4.79 Å². The van der Waals surface area contributed by atoms with Crippen LogP contribution in [0, 0.1) is 0 Å². The Morgan fingerprint density at radius 3 is 2.60 bits per heavy atom. The number of hydrogen-bond acceptors (Lipinski definition) is 4. The zero-order valence-corrected chi connectivity index (χ0v) is 9.34. The van der Waals surface area contributed by atoms with Crippen molar-refractivity contribution >= 4 is 28.0 Å². The van der Waals surface area contributed by atoms with Gasteiger partial charge in [0.25, 0.3) is 5.24 Å². The lowest BCUT2D eigenvalue weighted by Gasteiger charge is -2.17. The Bertz CT molecular complexity index is 347. The third-order valence-corrected chi connectivity index (χ3v) is 2.76. The molecule has 1 saturated heterocycles. The van der Waals surface area contributed by atoms with Crippen molar-refractivity contribution in [3.63, 3.8) is 0 Å². The Balaban J connectivity index is 2.84. The number of allylic oxidation sites excluding steroid dienone is 1. The number of hydrogen-bond donors (Lipinski definition) is 1. The van der Waals surface area contributed by atoms with Crippen LogP contribution in [-0.4, -0.2) is 33.7 Å². The minimum atomic E-state index is -1.11. The molecular weight excluding hydrogens is 216 g/mol. The molecule has 0 aromatic carbocycles. The van der Waals surface area contributed by atoms with Crippen LogP contribution in [0.25, 0.3) is 0 Å². The molecule has 2 amide bonds. The molecule has 2 N–H and O–H groups in total. The molecule has 0 aromatic heterocycles. The number of carbonyl (C=O) groups excluding carboxylic acids is 3. The molecule has 5 nitrogen and oxygen atoms in total. The van der Waals surface area contributed by atoms with Crippen molar-refractivity contribution in [2.75, 3.05) is 6.54 Å². The third-order valence-electron chi connectivity index (χ3n) is 1.92. The van der Waals surface area contributed by atoms with Crippen molar-refractivity contribution in [1.82, 2.24) is 4.90 Å². The van der Waals surface area contributed by atoms with E-state index in [2.05, 4.69) is 0 Å². The summed E-state index contributed by atoms with van der Waals surface area (Å²) in [5.41, 5.74) is 6.07. The minimum Gasteiger partial charge on any atom is -0.367 e. The van der Waals surface area contributed by atoms with E-state index >= 15 is 0 Å². The predicted octanol–water partition coefficient (Wildman–Crippen LogP) is 0.502. The van der Waals surface area contributed by atoms with Gasteiger partial charge in [-0.3, -0.25) is 14.4 Å². The lowest BCUT2D eigenvalue weighted by Crippen LogP contribution is -2.45. The van der Waals surface area contributed by atoms with E-state index in [4.69, 9.17) is 5.73 Å². The maximum Gasteiger partial charge on any atom is 0.290 e. The van der Waals surface area contributed by atoms with Gasteiger partial charge in [-0.2, -0.15) is 0 Å². The van der Waals surface area contributed by atoms with E-state index in [1.807, 2.05) is 13.8 Å². The number of thioether (sulfide) groups is 1. The summed E-state index contributed by atoms with van der Waals surface area (Å²) in [6.45, 7) is 3.98. The van der Waals surface area contributed by atoms with Crippen LogP contribution in [0.15, 0.2) is 11.6 Å². The second-order valence-electron chi connectivity index (χ2n) is 3.43. The van der Waals surface area contributed by atoms with E-state index in [0.717, 1.165) is 5.57 Å². The first-order valence-electron chi connectivity index (χ1n) is 4.38. The fourth-order valence-corrected chi connectivity index (χ4v) is 1.99. The maximum absolute atomic E-state index is 11.3. The minimum absolute atomic E-state index is 0.244. The third kappa shape index (κ3) is 2.59. The first kappa shape index (κ1) is 11.8. The second-order valence-corrected chi connectivity index (χ2v) is 4.38. The van der Waals surface area contributed by atoms with Gasteiger partial charge in [-0.15, -0.1) is 0 Å². The van der Waals surface area contributed by atoms with Gasteiger partial charge in [0.1, 0.15) is 0 Å². The molecule has 0 saturated carbocycles. The van der Waals surface area contributed by atoms with Gasteiger partial charge in [0, 0.05) is 18.3 Å². The van der Waals surface area contributed by atoms with Crippen molar-refractivity contribution in [3.8, 4) is 0 Å². The SMILES string of the molecule is CC(C)=CCN1C(=O)SC(=O)C1C(N)=O. The average Bonchev–Trinajstić information content (AvgIpc) is 2.37. The highest BCUT2D eigenvalue weighted by molar-refractivity contribution is 8.26. The largest absolute Gasteiger partial charge is 0.367 e. The Morgan fingerprint density at radius 2 is 2.13 bits per heavy atom. The molecule has 0 bridgehead atoms. The van der Waals surface area contributed by atoms with Gasteiger partial charge in [0.05, 0.1) is 0 Å². The number of carbonyl (C=O) groups is 3. The number of rotatable bonds is 3. The normalized spacial score (nSPS) is 20.7. The molecule has 1 fully saturated rings. The van der Waals surface area contributed by atoms with Crippen LogP contribution in [0.5, 0.6) is 0 Å². The molecular formula is C9H12N2O3S. The molecule has 82 valence electrons. The van der Waals surface area contributed by atoms with Gasteiger partial charge in [0.15, 0.2) is 6.04 Å². The van der Waals surface area contributed by atoms with Crippen LogP contribution in [0.2, 0.25) is 0 Å². The molecule has 0 aliphatic carbocycles.